The molecule has 6 aromatic carbocycles. The van der Waals surface area contributed by atoms with Crippen molar-refractivity contribution in [1.29, 1.82) is 0 Å². The molecule has 6 heteroatoms. The zero-order valence-electron chi connectivity index (χ0n) is 21.5. The Labute approximate surface area is 263 Å². The maximum atomic E-state index is 12.8. The average molecular weight is 707 g/mol. The van der Waals surface area contributed by atoms with Gasteiger partial charge in [-0.1, -0.05) is 35.4 Å². The summed E-state index contributed by atoms with van der Waals surface area (Å²) < 4.78 is 28.7. The van der Waals surface area contributed by atoms with E-state index < -0.39 is 9.98 Å². The standard InChI is InChI=1S/C12H10Ge.2C11H8F.2ClH.Zr/c1-3-7-11(8-4-1)13-12-9-5-2-6-10-12;2*12-11-7-3-6-10(8-11)9-4-1-2-5-9;;;/h1-10H;2*1-8H;2*1H;/q;2*-1;;;+2/p-2. The van der Waals surface area contributed by atoms with Crippen molar-refractivity contribution in [2.75, 3.05) is 0 Å². The Morgan fingerprint density at radius 3 is 1.12 bits per heavy atom. The van der Waals surface area contributed by atoms with Crippen LogP contribution < -0.4 is 33.6 Å². The summed E-state index contributed by atoms with van der Waals surface area (Å²) in [5, 5.41) is 0. The molecule has 0 spiro atoms. The Morgan fingerprint density at radius 2 is 0.800 bits per heavy atom. The van der Waals surface area contributed by atoms with Gasteiger partial charge in [0.05, 0.1) is 11.6 Å². The summed E-state index contributed by atoms with van der Waals surface area (Å²) in [5.41, 5.74) is 3.99. The molecule has 0 saturated heterocycles. The molecule has 0 unspecified atom stereocenters. The summed E-state index contributed by atoms with van der Waals surface area (Å²) in [6.45, 7) is 0. The van der Waals surface area contributed by atoms with Crippen molar-refractivity contribution in [3.8, 4) is 22.3 Å². The fourth-order valence-corrected chi connectivity index (χ4v) is 11.0. The third-order valence-electron chi connectivity index (χ3n) is 5.77. The number of halogens is 4. The van der Waals surface area contributed by atoms with Crippen LogP contribution in [0, 0.1) is 11.6 Å². The van der Waals surface area contributed by atoms with Crippen LogP contribution in [0.5, 0.6) is 0 Å². The fraction of sp³-hybridized carbons (Fsp3) is 0. The number of hydrogen-bond donors (Lipinski definition) is 0. The van der Waals surface area contributed by atoms with Gasteiger partial charge in [-0.3, -0.25) is 0 Å². The summed E-state index contributed by atoms with van der Waals surface area (Å²) in [7, 11) is -1.11. The van der Waals surface area contributed by atoms with Gasteiger partial charge in [-0.25, -0.2) is 8.78 Å². The van der Waals surface area contributed by atoms with E-state index >= 15 is 0 Å². The molecule has 0 fully saturated rings. The molecule has 0 aliphatic rings. The van der Waals surface area contributed by atoms with Gasteiger partial charge in [0.1, 0.15) is 0 Å². The molecule has 0 atom stereocenters. The average Bonchev–Trinajstić information content (AvgIpc) is 3.70. The second-order valence-electron chi connectivity index (χ2n) is 8.47. The van der Waals surface area contributed by atoms with Gasteiger partial charge in [-0.05, 0) is 12.1 Å². The molecule has 0 bridgehead atoms. The molecule has 0 aliphatic heterocycles. The Morgan fingerprint density at radius 1 is 0.450 bits per heavy atom. The third kappa shape index (κ3) is 10.4. The molecule has 0 nitrogen and oxygen atoms in total. The van der Waals surface area contributed by atoms with Crippen molar-refractivity contribution in [3.05, 3.63) is 169 Å². The van der Waals surface area contributed by atoms with E-state index in [1.165, 1.54) is 24.3 Å². The summed E-state index contributed by atoms with van der Waals surface area (Å²) in [6.07, 6.45) is 0. The van der Waals surface area contributed by atoms with Crippen molar-refractivity contribution in [3.63, 3.8) is 0 Å². The fourth-order valence-electron chi connectivity index (χ4n) is 3.85. The van der Waals surface area contributed by atoms with Crippen molar-refractivity contribution < 1.29 is 55.2 Å². The zero-order valence-corrected chi connectivity index (χ0v) is 27.6. The van der Waals surface area contributed by atoms with Crippen LogP contribution in [0.4, 0.5) is 8.78 Å². The molecule has 0 radical (unpaired) electrons. The summed E-state index contributed by atoms with van der Waals surface area (Å²) >= 11 is 1.71. The molecule has 0 N–H and O–H groups in total. The van der Waals surface area contributed by atoms with Crippen molar-refractivity contribution >= 4 is 18.8 Å². The van der Waals surface area contributed by atoms with Crippen molar-refractivity contribution in [2.24, 2.45) is 0 Å². The van der Waals surface area contributed by atoms with Gasteiger partial charge in [0.2, 0.25) is 0 Å². The van der Waals surface area contributed by atoms with Gasteiger partial charge in [-0.15, -0.1) is 47.5 Å². The molecule has 0 amide bonds. The Kier molecular flexibility index (Phi) is 15.1. The van der Waals surface area contributed by atoms with Gasteiger partial charge in [0.25, 0.3) is 0 Å². The van der Waals surface area contributed by atoms with Crippen LogP contribution in [0.2, 0.25) is 0 Å². The predicted octanol–water partition coefficient (Wildman–Crippen LogP) is 1.77. The topological polar surface area (TPSA) is 0 Å². The molecular weight excluding hydrogens is 681 g/mol. The monoisotopic (exact) mass is 706 g/mol. The predicted molar refractivity (Wildman–Crippen MR) is 153 cm³/mol. The van der Waals surface area contributed by atoms with Crippen LogP contribution in [0.25, 0.3) is 22.3 Å². The first kappa shape index (κ1) is 33.7. The SMILES string of the molecule is Fc1cccc(-[c-]2cccc2)c1.Fc1cccc(-[c-]2cccc2)c1.[Cl-].[Cl-].[Zr+2]=[Ge]([c]1ccccc1)[c]1ccccc1. The van der Waals surface area contributed by atoms with E-state index in [1.54, 1.807) is 42.5 Å². The van der Waals surface area contributed by atoms with Crippen LogP contribution >= 0.6 is 0 Å². The van der Waals surface area contributed by atoms with Crippen LogP contribution in [0.3, 0.4) is 0 Å². The molecular formula is C34H26Cl2F2GeZr-2. The number of benzene rings is 4. The minimum atomic E-state index is -1.11. The van der Waals surface area contributed by atoms with E-state index in [0.717, 1.165) is 22.3 Å². The Hall–Kier alpha value is -2.55. The summed E-state index contributed by atoms with van der Waals surface area (Å²) in [6, 6.07) is 50.7. The first-order valence-corrected chi connectivity index (χ1v) is 21.8. The maximum absolute atomic E-state index is 12.8. The van der Waals surface area contributed by atoms with Gasteiger partial charge >= 0.3 is 101 Å². The summed E-state index contributed by atoms with van der Waals surface area (Å²) in [5.74, 6) is -0.373. The van der Waals surface area contributed by atoms with Crippen molar-refractivity contribution in [2.45, 2.75) is 0 Å². The molecule has 40 heavy (non-hydrogen) atoms. The van der Waals surface area contributed by atoms with E-state index in [0.29, 0.717) is 0 Å². The molecule has 0 aliphatic carbocycles. The van der Waals surface area contributed by atoms with Crippen LogP contribution in [-0.4, -0.2) is 9.98 Å². The summed E-state index contributed by atoms with van der Waals surface area (Å²) in [4.78, 5) is 0. The second kappa shape index (κ2) is 18.0. The Bertz CT molecular complexity index is 1420. The zero-order chi connectivity index (χ0) is 26.6. The first-order chi connectivity index (χ1) is 18.6. The first-order valence-electron chi connectivity index (χ1n) is 12.2. The van der Waals surface area contributed by atoms with Crippen molar-refractivity contribution in [1.82, 2.24) is 0 Å². The Balaban J connectivity index is 0.000000206. The molecule has 6 rings (SSSR count). The minimum absolute atomic E-state index is 0. The van der Waals surface area contributed by atoms with Crippen LogP contribution in [0.1, 0.15) is 0 Å². The molecule has 200 valence electrons. The van der Waals surface area contributed by atoms with Gasteiger partial charge < -0.3 is 24.8 Å². The van der Waals surface area contributed by atoms with Gasteiger partial charge in [0, 0.05) is 0 Å². The van der Waals surface area contributed by atoms with E-state index in [9.17, 15) is 8.78 Å². The molecule has 0 saturated carbocycles. The van der Waals surface area contributed by atoms with Crippen LogP contribution in [-0.2, 0) is 21.6 Å². The normalized spacial score (nSPS) is 9.50. The van der Waals surface area contributed by atoms with E-state index in [2.05, 4.69) is 60.7 Å². The number of rotatable bonds is 4. The van der Waals surface area contributed by atoms with E-state index in [-0.39, 0.29) is 36.4 Å². The molecule has 0 aromatic heterocycles. The second-order valence-corrected chi connectivity index (χ2v) is 18.9. The third-order valence-corrected chi connectivity index (χ3v) is 17.0. The van der Waals surface area contributed by atoms with Crippen LogP contribution in [0.15, 0.2) is 158 Å². The van der Waals surface area contributed by atoms with E-state index in [1.807, 2.05) is 60.7 Å². The van der Waals surface area contributed by atoms with Gasteiger partial charge in [0.15, 0.2) is 0 Å². The van der Waals surface area contributed by atoms with E-state index in [4.69, 9.17) is 0 Å². The van der Waals surface area contributed by atoms with Gasteiger partial charge in [-0.2, -0.15) is 24.3 Å². The quantitative estimate of drug-likeness (QED) is 0.194. The molecule has 6 aromatic rings. The number of hydrogen-bond acceptors (Lipinski definition) is 0. The molecule has 0 heterocycles.